The molecule has 2 nitrogen and oxygen atoms in total. The van der Waals surface area contributed by atoms with Gasteiger partial charge in [-0.3, -0.25) is 4.90 Å². The van der Waals surface area contributed by atoms with Crippen LogP contribution in [0.5, 0.6) is 0 Å². The summed E-state index contributed by atoms with van der Waals surface area (Å²) in [4.78, 5) is 5.18. The van der Waals surface area contributed by atoms with Gasteiger partial charge in [-0.1, -0.05) is 28.1 Å². The van der Waals surface area contributed by atoms with E-state index in [2.05, 4.69) is 57.0 Å². The molecule has 0 spiro atoms. The van der Waals surface area contributed by atoms with Crippen LogP contribution in [0.15, 0.2) is 28.7 Å². The van der Waals surface area contributed by atoms with Crippen LogP contribution in [-0.2, 0) is 0 Å². The van der Waals surface area contributed by atoms with Crippen LogP contribution >= 0.6 is 15.9 Å². The number of hydrogen-bond acceptors (Lipinski definition) is 2. The fraction of sp³-hybridized carbons (Fsp3) is 0.625. The summed E-state index contributed by atoms with van der Waals surface area (Å²) in [6.07, 6.45) is 4.00. The molecule has 0 amide bonds. The molecule has 3 rings (SSSR count). The second-order valence-corrected chi connectivity index (χ2v) is 6.98. The Morgan fingerprint density at radius 1 is 1.00 bits per heavy atom. The number of likely N-dealkylation sites (tertiary alicyclic amines) is 2. The lowest BCUT2D eigenvalue weighted by atomic mass is 9.89. The number of halogens is 1. The highest BCUT2D eigenvalue weighted by molar-refractivity contribution is 9.10. The molecule has 0 saturated carbocycles. The summed E-state index contributed by atoms with van der Waals surface area (Å²) in [6.45, 7) is 5.10. The van der Waals surface area contributed by atoms with E-state index in [9.17, 15) is 0 Å². The van der Waals surface area contributed by atoms with Gasteiger partial charge in [0.25, 0.3) is 0 Å². The lowest BCUT2D eigenvalue weighted by Gasteiger charge is -2.36. The average molecular weight is 323 g/mol. The zero-order valence-electron chi connectivity index (χ0n) is 11.7. The molecule has 0 N–H and O–H groups in total. The SMILES string of the molecule is CN1CCC(N2CCC(c3ccc(Br)cc3)CC2)C1. The van der Waals surface area contributed by atoms with Crippen molar-refractivity contribution >= 4 is 15.9 Å². The molecular weight excluding hydrogens is 300 g/mol. The molecule has 0 radical (unpaired) electrons. The maximum absolute atomic E-state index is 3.52. The Bertz CT molecular complexity index is 409. The van der Waals surface area contributed by atoms with Crippen LogP contribution in [-0.4, -0.2) is 49.1 Å². The predicted octanol–water partition coefficient (Wildman–Crippen LogP) is 3.33. The summed E-state index contributed by atoms with van der Waals surface area (Å²) in [7, 11) is 2.24. The Labute approximate surface area is 124 Å². The molecule has 2 saturated heterocycles. The summed E-state index contributed by atoms with van der Waals surface area (Å²) >= 11 is 3.52. The van der Waals surface area contributed by atoms with Crippen LogP contribution < -0.4 is 0 Å². The van der Waals surface area contributed by atoms with Crippen molar-refractivity contribution in [2.45, 2.75) is 31.2 Å². The average Bonchev–Trinajstić information content (AvgIpc) is 2.87. The summed E-state index contributed by atoms with van der Waals surface area (Å²) in [5.74, 6) is 0.767. The highest BCUT2D eigenvalue weighted by atomic mass is 79.9. The van der Waals surface area contributed by atoms with Crippen LogP contribution in [0.2, 0.25) is 0 Å². The van der Waals surface area contributed by atoms with Crippen LogP contribution in [0.1, 0.15) is 30.7 Å². The van der Waals surface area contributed by atoms with E-state index in [1.807, 2.05) is 0 Å². The maximum Gasteiger partial charge on any atom is 0.0235 e. The van der Waals surface area contributed by atoms with Crippen LogP contribution in [0.4, 0.5) is 0 Å². The molecule has 104 valence electrons. The molecule has 1 aromatic carbocycles. The Morgan fingerprint density at radius 2 is 1.68 bits per heavy atom. The third-order valence-corrected chi connectivity index (χ3v) is 5.28. The fourth-order valence-corrected chi connectivity index (χ4v) is 3.81. The first-order valence-electron chi connectivity index (χ1n) is 7.40. The van der Waals surface area contributed by atoms with Crippen LogP contribution in [0.25, 0.3) is 0 Å². The zero-order valence-corrected chi connectivity index (χ0v) is 13.3. The highest BCUT2D eigenvalue weighted by Gasteiger charge is 2.29. The van der Waals surface area contributed by atoms with Gasteiger partial charge in [-0.05, 0) is 69.6 Å². The second kappa shape index (κ2) is 5.94. The normalized spacial score (nSPS) is 26.9. The lowest BCUT2D eigenvalue weighted by Crippen LogP contribution is -2.42. The van der Waals surface area contributed by atoms with Crippen molar-refractivity contribution in [2.75, 3.05) is 33.2 Å². The van der Waals surface area contributed by atoms with Crippen LogP contribution in [0, 0.1) is 0 Å². The van der Waals surface area contributed by atoms with Gasteiger partial charge in [-0.15, -0.1) is 0 Å². The van der Waals surface area contributed by atoms with E-state index < -0.39 is 0 Å². The summed E-state index contributed by atoms with van der Waals surface area (Å²) in [5.41, 5.74) is 1.52. The van der Waals surface area contributed by atoms with Crippen molar-refractivity contribution < 1.29 is 0 Å². The number of likely N-dealkylation sites (N-methyl/N-ethyl adjacent to an activating group) is 1. The lowest BCUT2D eigenvalue weighted by molar-refractivity contribution is 0.154. The Morgan fingerprint density at radius 3 is 2.26 bits per heavy atom. The van der Waals surface area contributed by atoms with Gasteiger partial charge in [0.15, 0.2) is 0 Å². The minimum absolute atomic E-state index is 0.767. The first-order valence-corrected chi connectivity index (χ1v) is 8.20. The minimum atomic E-state index is 0.767. The van der Waals surface area contributed by atoms with Gasteiger partial charge < -0.3 is 4.90 Å². The zero-order chi connectivity index (χ0) is 13.2. The molecule has 0 aromatic heterocycles. The summed E-state index contributed by atoms with van der Waals surface area (Å²) in [6, 6.07) is 9.74. The van der Waals surface area contributed by atoms with Crippen molar-refractivity contribution in [1.29, 1.82) is 0 Å². The van der Waals surface area contributed by atoms with E-state index >= 15 is 0 Å². The Hall–Kier alpha value is -0.380. The molecule has 3 heteroatoms. The van der Waals surface area contributed by atoms with E-state index in [1.165, 1.54) is 55.5 Å². The molecule has 1 atom stereocenters. The van der Waals surface area contributed by atoms with Crippen molar-refractivity contribution in [3.05, 3.63) is 34.3 Å². The number of nitrogens with zero attached hydrogens (tertiary/aromatic N) is 2. The molecule has 1 aromatic rings. The molecule has 19 heavy (non-hydrogen) atoms. The van der Waals surface area contributed by atoms with E-state index in [1.54, 1.807) is 0 Å². The molecule has 1 unspecified atom stereocenters. The molecular formula is C16H23BrN2. The quantitative estimate of drug-likeness (QED) is 0.824. The van der Waals surface area contributed by atoms with Gasteiger partial charge in [0, 0.05) is 17.1 Å². The van der Waals surface area contributed by atoms with E-state index in [0.717, 1.165) is 12.0 Å². The van der Waals surface area contributed by atoms with Crippen molar-refractivity contribution in [1.82, 2.24) is 9.80 Å². The largest absolute Gasteiger partial charge is 0.305 e. The number of rotatable bonds is 2. The van der Waals surface area contributed by atoms with Gasteiger partial charge in [-0.2, -0.15) is 0 Å². The van der Waals surface area contributed by atoms with Gasteiger partial charge in [-0.25, -0.2) is 0 Å². The number of benzene rings is 1. The monoisotopic (exact) mass is 322 g/mol. The highest BCUT2D eigenvalue weighted by Crippen LogP contribution is 2.30. The van der Waals surface area contributed by atoms with Gasteiger partial charge >= 0.3 is 0 Å². The predicted molar refractivity (Wildman–Crippen MR) is 83.6 cm³/mol. The summed E-state index contributed by atoms with van der Waals surface area (Å²) < 4.78 is 1.18. The maximum atomic E-state index is 3.52. The molecule has 0 aliphatic carbocycles. The Kier molecular flexibility index (Phi) is 4.25. The smallest absolute Gasteiger partial charge is 0.0235 e. The van der Waals surface area contributed by atoms with Crippen molar-refractivity contribution in [3.8, 4) is 0 Å². The van der Waals surface area contributed by atoms with Crippen molar-refractivity contribution in [3.63, 3.8) is 0 Å². The third-order valence-electron chi connectivity index (χ3n) is 4.75. The molecule has 0 bridgehead atoms. The Balaban J connectivity index is 1.56. The summed E-state index contributed by atoms with van der Waals surface area (Å²) in [5, 5.41) is 0. The molecule has 2 fully saturated rings. The van der Waals surface area contributed by atoms with Gasteiger partial charge in [0.2, 0.25) is 0 Å². The number of piperidine rings is 1. The van der Waals surface area contributed by atoms with Crippen molar-refractivity contribution in [2.24, 2.45) is 0 Å². The minimum Gasteiger partial charge on any atom is -0.305 e. The second-order valence-electron chi connectivity index (χ2n) is 6.07. The van der Waals surface area contributed by atoms with E-state index in [4.69, 9.17) is 0 Å². The van der Waals surface area contributed by atoms with E-state index in [0.29, 0.717) is 0 Å². The van der Waals surface area contributed by atoms with Gasteiger partial charge in [0.1, 0.15) is 0 Å². The number of hydrogen-bond donors (Lipinski definition) is 0. The standard InChI is InChI=1S/C16H23BrN2/c1-18-9-8-16(12-18)19-10-6-14(7-11-19)13-2-4-15(17)5-3-13/h2-5,14,16H,6-12H2,1H3. The first-order chi connectivity index (χ1) is 9.22. The third kappa shape index (κ3) is 3.21. The molecule has 2 heterocycles. The van der Waals surface area contributed by atoms with E-state index in [-0.39, 0.29) is 0 Å². The topological polar surface area (TPSA) is 6.48 Å². The first kappa shape index (κ1) is 13.6. The fourth-order valence-electron chi connectivity index (χ4n) is 3.54. The van der Waals surface area contributed by atoms with Crippen LogP contribution in [0.3, 0.4) is 0 Å². The van der Waals surface area contributed by atoms with Gasteiger partial charge in [0.05, 0.1) is 0 Å². The molecule has 2 aliphatic rings. The molecule has 2 aliphatic heterocycles.